The molecule has 0 bridgehead atoms. The number of nitro benzene ring substituents is 1. The number of anilines is 1. The van der Waals surface area contributed by atoms with Crippen molar-refractivity contribution in [2.24, 2.45) is 0 Å². The normalized spacial score (nSPS) is 11.4. The fourth-order valence-electron chi connectivity index (χ4n) is 1.94. The van der Waals surface area contributed by atoms with Crippen molar-refractivity contribution in [2.45, 2.75) is 13.0 Å². The third kappa shape index (κ3) is 2.93. The van der Waals surface area contributed by atoms with Crippen LogP contribution in [0, 0.1) is 21.4 Å². The van der Waals surface area contributed by atoms with Crippen molar-refractivity contribution in [3.63, 3.8) is 0 Å². The first-order chi connectivity index (χ1) is 9.61. The van der Waals surface area contributed by atoms with Crippen LogP contribution in [0.4, 0.5) is 11.4 Å². The molecule has 2 rings (SSSR count). The van der Waals surface area contributed by atoms with E-state index < -0.39 is 4.92 Å². The van der Waals surface area contributed by atoms with Gasteiger partial charge in [0.15, 0.2) is 0 Å². The second-order valence-corrected chi connectivity index (χ2v) is 4.38. The van der Waals surface area contributed by atoms with Gasteiger partial charge in [0.2, 0.25) is 0 Å². The molecule has 2 aromatic carbocycles. The first-order valence-electron chi connectivity index (χ1n) is 6.12. The fraction of sp³-hybridized carbons (Fsp3) is 0.133. The lowest BCUT2D eigenvalue weighted by Crippen LogP contribution is -2.08. The lowest BCUT2D eigenvalue weighted by atomic mass is 10.1. The largest absolute Gasteiger partial charge is 0.373 e. The monoisotopic (exact) mass is 267 g/mol. The molecule has 1 N–H and O–H groups in total. The van der Waals surface area contributed by atoms with Gasteiger partial charge in [0.05, 0.1) is 16.6 Å². The van der Waals surface area contributed by atoms with E-state index in [9.17, 15) is 10.1 Å². The van der Waals surface area contributed by atoms with E-state index in [1.807, 2.05) is 43.3 Å². The number of hydrogen-bond acceptors (Lipinski definition) is 4. The summed E-state index contributed by atoms with van der Waals surface area (Å²) in [6, 6.07) is 15.8. The van der Waals surface area contributed by atoms with Crippen molar-refractivity contribution in [1.29, 1.82) is 5.26 Å². The van der Waals surface area contributed by atoms with E-state index in [0.717, 1.165) is 5.56 Å². The van der Waals surface area contributed by atoms with Gasteiger partial charge in [-0.25, -0.2) is 0 Å². The second-order valence-electron chi connectivity index (χ2n) is 4.38. The highest BCUT2D eigenvalue weighted by Gasteiger charge is 2.16. The predicted molar refractivity (Wildman–Crippen MR) is 76.3 cm³/mol. The minimum atomic E-state index is -0.457. The zero-order valence-electron chi connectivity index (χ0n) is 10.9. The third-order valence-electron chi connectivity index (χ3n) is 2.99. The maximum Gasteiger partial charge on any atom is 0.292 e. The van der Waals surface area contributed by atoms with E-state index in [-0.39, 0.29) is 11.7 Å². The Morgan fingerprint density at radius 1 is 1.25 bits per heavy atom. The molecule has 0 spiro atoms. The molecule has 0 aromatic heterocycles. The van der Waals surface area contributed by atoms with Crippen LogP contribution in [0.3, 0.4) is 0 Å². The molecule has 0 saturated carbocycles. The molecule has 0 heterocycles. The maximum atomic E-state index is 11.0. The molecule has 100 valence electrons. The number of rotatable bonds is 4. The van der Waals surface area contributed by atoms with Crippen molar-refractivity contribution >= 4 is 11.4 Å². The summed E-state index contributed by atoms with van der Waals surface area (Å²) in [6.07, 6.45) is 0. The SMILES string of the molecule is C[C@@H](Nc1cc(C#N)ccc1[N+](=O)[O-])c1ccccc1. The predicted octanol–water partition coefficient (Wildman–Crippen LogP) is 3.64. The lowest BCUT2D eigenvalue weighted by Gasteiger charge is -2.15. The van der Waals surface area contributed by atoms with Crippen LogP contribution in [0.5, 0.6) is 0 Å². The average Bonchev–Trinajstić information content (AvgIpc) is 2.47. The summed E-state index contributed by atoms with van der Waals surface area (Å²) >= 11 is 0. The van der Waals surface area contributed by atoms with Crippen LogP contribution >= 0.6 is 0 Å². The number of hydrogen-bond donors (Lipinski definition) is 1. The molecule has 0 radical (unpaired) electrons. The summed E-state index contributed by atoms with van der Waals surface area (Å²) in [4.78, 5) is 10.6. The third-order valence-corrected chi connectivity index (χ3v) is 2.99. The molecule has 0 saturated heterocycles. The first kappa shape index (κ1) is 13.6. The molecule has 0 amide bonds. The van der Waals surface area contributed by atoms with Crippen molar-refractivity contribution in [2.75, 3.05) is 5.32 Å². The van der Waals surface area contributed by atoms with Crippen molar-refractivity contribution in [3.05, 3.63) is 69.8 Å². The van der Waals surface area contributed by atoms with E-state index in [2.05, 4.69) is 5.32 Å². The summed E-state index contributed by atoms with van der Waals surface area (Å²) in [7, 11) is 0. The molecule has 20 heavy (non-hydrogen) atoms. The number of nitrogens with one attached hydrogen (secondary N) is 1. The highest BCUT2D eigenvalue weighted by molar-refractivity contribution is 5.65. The van der Waals surface area contributed by atoms with Gasteiger partial charge >= 0.3 is 0 Å². The van der Waals surface area contributed by atoms with Crippen molar-refractivity contribution in [1.82, 2.24) is 0 Å². The van der Waals surface area contributed by atoms with E-state index in [1.54, 1.807) is 0 Å². The van der Waals surface area contributed by atoms with Crippen LogP contribution in [0.1, 0.15) is 24.1 Å². The Hall–Kier alpha value is -2.87. The minimum absolute atomic E-state index is 0.0354. The Morgan fingerprint density at radius 2 is 1.95 bits per heavy atom. The van der Waals surface area contributed by atoms with E-state index >= 15 is 0 Å². The highest BCUT2D eigenvalue weighted by Crippen LogP contribution is 2.29. The number of nitriles is 1. The van der Waals surface area contributed by atoms with Gasteiger partial charge in [0.25, 0.3) is 5.69 Å². The number of nitrogens with zero attached hydrogens (tertiary/aromatic N) is 2. The van der Waals surface area contributed by atoms with Crippen LogP contribution in [-0.4, -0.2) is 4.92 Å². The van der Waals surface area contributed by atoms with Gasteiger partial charge < -0.3 is 5.32 Å². The van der Waals surface area contributed by atoms with Gasteiger partial charge in [-0.05, 0) is 24.6 Å². The Bertz CT molecular complexity index is 663. The van der Waals surface area contributed by atoms with Gasteiger partial charge in [-0.2, -0.15) is 5.26 Å². The molecule has 1 atom stereocenters. The second kappa shape index (κ2) is 5.85. The minimum Gasteiger partial charge on any atom is -0.373 e. The highest BCUT2D eigenvalue weighted by atomic mass is 16.6. The summed E-state index contributed by atoms with van der Waals surface area (Å²) in [5.74, 6) is 0. The Kier molecular flexibility index (Phi) is 3.96. The average molecular weight is 267 g/mol. The zero-order chi connectivity index (χ0) is 14.5. The molecule has 5 nitrogen and oxygen atoms in total. The summed E-state index contributed by atoms with van der Waals surface area (Å²) in [5, 5.41) is 23.0. The molecule has 0 aliphatic rings. The van der Waals surface area contributed by atoms with Crippen LogP contribution in [-0.2, 0) is 0 Å². The molecule has 5 heteroatoms. The number of nitro groups is 1. The van der Waals surface area contributed by atoms with Crippen molar-refractivity contribution in [3.8, 4) is 6.07 Å². The molecule has 0 aliphatic carbocycles. The van der Waals surface area contributed by atoms with E-state index in [1.165, 1.54) is 18.2 Å². The Balaban J connectivity index is 2.32. The van der Waals surface area contributed by atoms with Crippen molar-refractivity contribution < 1.29 is 4.92 Å². The standard InChI is InChI=1S/C15H13N3O2/c1-11(13-5-3-2-4-6-13)17-14-9-12(10-16)7-8-15(14)18(19)20/h2-9,11,17H,1H3/t11-/m1/s1. The topological polar surface area (TPSA) is 79.0 Å². The maximum absolute atomic E-state index is 11.0. The van der Waals surface area contributed by atoms with Crippen LogP contribution in [0.25, 0.3) is 0 Å². The van der Waals surface area contributed by atoms with E-state index in [4.69, 9.17) is 5.26 Å². The summed E-state index contributed by atoms with van der Waals surface area (Å²) < 4.78 is 0. The van der Waals surface area contributed by atoms with E-state index in [0.29, 0.717) is 11.3 Å². The molecule has 0 unspecified atom stereocenters. The smallest absolute Gasteiger partial charge is 0.292 e. The van der Waals surface area contributed by atoms with Gasteiger partial charge in [-0.3, -0.25) is 10.1 Å². The lowest BCUT2D eigenvalue weighted by molar-refractivity contribution is -0.384. The fourth-order valence-corrected chi connectivity index (χ4v) is 1.94. The number of benzene rings is 2. The van der Waals surface area contributed by atoms with Crippen LogP contribution in [0.2, 0.25) is 0 Å². The first-order valence-corrected chi connectivity index (χ1v) is 6.12. The summed E-state index contributed by atoms with van der Waals surface area (Å²) in [5.41, 5.74) is 1.72. The zero-order valence-corrected chi connectivity index (χ0v) is 10.9. The van der Waals surface area contributed by atoms with Gasteiger partial charge in [-0.15, -0.1) is 0 Å². The quantitative estimate of drug-likeness (QED) is 0.677. The van der Waals surface area contributed by atoms with Gasteiger partial charge in [0.1, 0.15) is 5.69 Å². The van der Waals surface area contributed by atoms with Gasteiger partial charge in [-0.1, -0.05) is 30.3 Å². The van der Waals surface area contributed by atoms with Crippen LogP contribution in [0.15, 0.2) is 48.5 Å². The van der Waals surface area contributed by atoms with Gasteiger partial charge in [0, 0.05) is 12.1 Å². The van der Waals surface area contributed by atoms with Crippen LogP contribution < -0.4 is 5.32 Å². The molecule has 0 fully saturated rings. The Labute approximate surface area is 116 Å². The Morgan fingerprint density at radius 3 is 2.55 bits per heavy atom. The molecule has 2 aromatic rings. The molecular weight excluding hydrogens is 254 g/mol. The molecular formula is C15H13N3O2. The summed E-state index contributed by atoms with van der Waals surface area (Å²) in [6.45, 7) is 1.91. The molecule has 0 aliphatic heterocycles.